The first-order chi connectivity index (χ1) is 16.4. The number of nitrogens with zero attached hydrogens (tertiary/aromatic N) is 3. The third-order valence-electron chi connectivity index (χ3n) is 5.21. The number of hydrogen-bond donors (Lipinski definition) is 2. The van der Waals surface area contributed by atoms with E-state index >= 15 is 0 Å². The molecular formula is C22H21F2N5O4S. The molecule has 1 aliphatic rings. The Bertz CT molecular complexity index is 1200. The fourth-order valence-electron chi connectivity index (χ4n) is 3.56. The van der Waals surface area contributed by atoms with Crippen LogP contribution in [0.4, 0.5) is 25.0 Å². The number of ether oxygens (including phenoxy) is 2. The molecule has 0 aliphatic carbocycles. The van der Waals surface area contributed by atoms with Gasteiger partial charge in [-0.25, -0.2) is 13.6 Å². The number of likely N-dealkylation sites (tertiary alicyclic amines) is 1. The van der Waals surface area contributed by atoms with Gasteiger partial charge in [-0.05, 0) is 25.0 Å². The van der Waals surface area contributed by atoms with Crippen molar-refractivity contribution in [3.05, 3.63) is 58.0 Å². The molecule has 178 valence electrons. The summed E-state index contributed by atoms with van der Waals surface area (Å²) in [5, 5.41) is 13.9. The molecule has 2 N–H and O–H groups in total. The van der Waals surface area contributed by atoms with Crippen LogP contribution in [0, 0.1) is 11.6 Å². The number of methoxy groups -OCH3 is 2. The molecule has 4 rings (SSSR count). The Morgan fingerprint density at radius 1 is 1.00 bits per heavy atom. The van der Waals surface area contributed by atoms with E-state index < -0.39 is 17.5 Å². The zero-order valence-corrected chi connectivity index (χ0v) is 19.1. The second-order valence-corrected chi connectivity index (χ2v) is 8.42. The summed E-state index contributed by atoms with van der Waals surface area (Å²) < 4.78 is 37.0. The van der Waals surface area contributed by atoms with E-state index in [-0.39, 0.29) is 22.8 Å². The number of anilines is 2. The molecule has 0 unspecified atom stereocenters. The highest BCUT2D eigenvalue weighted by molar-refractivity contribution is 7.13. The summed E-state index contributed by atoms with van der Waals surface area (Å²) in [6, 6.07) is 7.41. The number of amides is 3. The average Bonchev–Trinajstić information content (AvgIpc) is 3.51. The number of aromatic nitrogens is 2. The third-order valence-corrected chi connectivity index (χ3v) is 6.24. The molecule has 0 saturated carbocycles. The minimum absolute atomic E-state index is 0.0459. The van der Waals surface area contributed by atoms with Crippen LogP contribution in [0.2, 0.25) is 0 Å². The summed E-state index contributed by atoms with van der Waals surface area (Å²) in [5.41, 5.74) is 0.604. The van der Waals surface area contributed by atoms with Crippen molar-refractivity contribution in [2.75, 3.05) is 31.4 Å². The smallest absolute Gasteiger partial charge is 0.322 e. The quantitative estimate of drug-likeness (QED) is 0.530. The van der Waals surface area contributed by atoms with Crippen molar-refractivity contribution in [1.29, 1.82) is 0 Å². The predicted molar refractivity (Wildman–Crippen MR) is 121 cm³/mol. The first kappa shape index (κ1) is 23.4. The highest BCUT2D eigenvalue weighted by Gasteiger charge is 2.33. The van der Waals surface area contributed by atoms with Crippen molar-refractivity contribution >= 4 is 34.6 Å². The van der Waals surface area contributed by atoms with Crippen LogP contribution >= 0.6 is 11.3 Å². The van der Waals surface area contributed by atoms with Gasteiger partial charge in [0, 0.05) is 42.2 Å². The molecule has 1 fully saturated rings. The van der Waals surface area contributed by atoms with Crippen molar-refractivity contribution in [2.24, 2.45) is 0 Å². The lowest BCUT2D eigenvalue weighted by Gasteiger charge is -2.23. The molecule has 34 heavy (non-hydrogen) atoms. The number of nitrogens with one attached hydrogen (secondary N) is 2. The molecule has 3 amide bonds. The van der Waals surface area contributed by atoms with Gasteiger partial charge in [0.25, 0.3) is 5.91 Å². The van der Waals surface area contributed by atoms with Crippen LogP contribution in [-0.2, 0) is 0 Å². The summed E-state index contributed by atoms with van der Waals surface area (Å²) in [4.78, 5) is 27.1. The lowest BCUT2D eigenvalue weighted by atomic mass is 10.2. The first-order valence-corrected chi connectivity index (χ1v) is 11.1. The highest BCUT2D eigenvalue weighted by atomic mass is 32.1. The maximum Gasteiger partial charge on any atom is 0.322 e. The van der Waals surface area contributed by atoms with E-state index in [0.29, 0.717) is 35.2 Å². The molecule has 1 aliphatic heterocycles. The maximum absolute atomic E-state index is 13.4. The fraction of sp³-hybridized carbons (Fsp3) is 0.273. The van der Waals surface area contributed by atoms with Crippen LogP contribution in [0.3, 0.4) is 0 Å². The van der Waals surface area contributed by atoms with Gasteiger partial charge in [0.1, 0.15) is 16.5 Å². The van der Waals surface area contributed by atoms with E-state index in [1.54, 1.807) is 23.1 Å². The zero-order valence-electron chi connectivity index (χ0n) is 18.3. The summed E-state index contributed by atoms with van der Waals surface area (Å²) in [6.07, 6.45) is 1.42. The molecule has 1 saturated heterocycles. The predicted octanol–water partition coefficient (Wildman–Crippen LogP) is 4.45. The Hall–Kier alpha value is -3.80. The maximum atomic E-state index is 13.4. The van der Waals surface area contributed by atoms with Gasteiger partial charge >= 0.3 is 6.03 Å². The summed E-state index contributed by atoms with van der Waals surface area (Å²) in [7, 11) is 3.04. The Kier molecular flexibility index (Phi) is 6.87. The lowest BCUT2D eigenvalue weighted by molar-refractivity contribution is 0.102. The average molecular weight is 490 g/mol. The fourth-order valence-corrected chi connectivity index (χ4v) is 4.45. The van der Waals surface area contributed by atoms with Crippen LogP contribution in [0.25, 0.3) is 0 Å². The van der Waals surface area contributed by atoms with Crippen LogP contribution in [-0.4, -0.2) is 47.8 Å². The Labute approximate surface area is 197 Å². The van der Waals surface area contributed by atoms with Crippen molar-refractivity contribution < 1.29 is 27.8 Å². The van der Waals surface area contributed by atoms with Gasteiger partial charge in [-0.3, -0.25) is 4.79 Å². The molecule has 9 nitrogen and oxygen atoms in total. The molecule has 1 atom stereocenters. The van der Waals surface area contributed by atoms with Crippen molar-refractivity contribution in [3.63, 3.8) is 0 Å². The topological polar surface area (TPSA) is 106 Å². The number of benzene rings is 2. The van der Waals surface area contributed by atoms with E-state index in [1.807, 2.05) is 0 Å². The summed E-state index contributed by atoms with van der Waals surface area (Å²) >= 11 is 1.04. The van der Waals surface area contributed by atoms with E-state index in [9.17, 15) is 18.4 Å². The van der Waals surface area contributed by atoms with Gasteiger partial charge in [0.2, 0.25) is 5.01 Å². The van der Waals surface area contributed by atoms with Crippen LogP contribution in [0.15, 0.2) is 36.4 Å². The largest absolute Gasteiger partial charge is 0.497 e. The molecule has 0 bridgehead atoms. The number of rotatable bonds is 6. The van der Waals surface area contributed by atoms with E-state index in [2.05, 4.69) is 20.8 Å². The second-order valence-electron chi connectivity index (χ2n) is 7.41. The summed E-state index contributed by atoms with van der Waals surface area (Å²) in [6.45, 7) is 0.508. The molecule has 0 radical (unpaired) electrons. The normalized spacial score (nSPS) is 15.2. The van der Waals surface area contributed by atoms with Gasteiger partial charge < -0.3 is 25.0 Å². The third kappa shape index (κ3) is 5.06. The van der Waals surface area contributed by atoms with Gasteiger partial charge in [-0.15, -0.1) is 10.2 Å². The van der Waals surface area contributed by atoms with Crippen molar-refractivity contribution in [3.8, 4) is 11.5 Å². The van der Waals surface area contributed by atoms with E-state index in [0.717, 1.165) is 29.9 Å². The molecule has 0 spiro atoms. The number of carbonyl (C=O) groups excluding carboxylic acids is 2. The molecule has 3 aromatic rings. The minimum Gasteiger partial charge on any atom is -0.497 e. The van der Waals surface area contributed by atoms with Crippen LogP contribution in [0.1, 0.15) is 33.7 Å². The number of halogens is 2. The number of hydrogen-bond acceptors (Lipinski definition) is 7. The molecule has 2 aromatic carbocycles. The van der Waals surface area contributed by atoms with Crippen LogP contribution in [0.5, 0.6) is 11.5 Å². The lowest BCUT2D eigenvalue weighted by Crippen LogP contribution is -2.34. The van der Waals surface area contributed by atoms with E-state index in [4.69, 9.17) is 9.47 Å². The molecule has 2 heterocycles. The Morgan fingerprint density at radius 2 is 1.74 bits per heavy atom. The number of carbonyl (C=O) groups is 2. The van der Waals surface area contributed by atoms with Crippen molar-refractivity contribution in [2.45, 2.75) is 18.9 Å². The number of urea groups is 1. The van der Waals surface area contributed by atoms with E-state index in [1.165, 1.54) is 20.3 Å². The highest BCUT2D eigenvalue weighted by Crippen LogP contribution is 2.35. The monoisotopic (exact) mass is 489 g/mol. The van der Waals surface area contributed by atoms with Crippen molar-refractivity contribution in [1.82, 2.24) is 15.1 Å². The first-order valence-electron chi connectivity index (χ1n) is 10.3. The molecule has 12 heteroatoms. The zero-order chi connectivity index (χ0) is 24.2. The Balaban J connectivity index is 1.45. The van der Waals surface area contributed by atoms with Gasteiger partial charge in [0.15, 0.2) is 11.6 Å². The van der Waals surface area contributed by atoms with Gasteiger partial charge in [-0.1, -0.05) is 11.3 Å². The Morgan fingerprint density at radius 3 is 2.41 bits per heavy atom. The minimum atomic E-state index is -1.07. The van der Waals surface area contributed by atoms with Crippen LogP contribution < -0.4 is 20.1 Å². The molecular weight excluding hydrogens is 468 g/mol. The SMILES string of the molecule is COc1cc(NC(=O)N2CCC[C@@H]2c2nnc(C(=O)Nc3ccc(F)c(F)c3)s2)cc(OC)c1. The second kappa shape index (κ2) is 10.00. The molecule has 1 aromatic heterocycles. The van der Waals surface area contributed by atoms with Gasteiger partial charge in [0.05, 0.1) is 20.3 Å². The standard InChI is InChI=1S/C22H21F2N5O4S/c1-32-14-8-13(9-15(11-14)33-2)26-22(31)29-7-3-4-18(29)20-27-28-21(34-20)19(30)25-12-5-6-16(23)17(24)10-12/h5-6,8-11,18H,3-4,7H2,1-2H3,(H,25,30)(H,26,31)/t18-/m1/s1. The summed E-state index contributed by atoms with van der Waals surface area (Å²) in [5.74, 6) is -1.62. The van der Waals surface area contributed by atoms with Gasteiger partial charge in [-0.2, -0.15) is 0 Å².